The van der Waals surface area contributed by atoms with Gasteiger partial charge in [-0.15, -0.1) is 0 Å². The lowest BCUT2D eigenvalue weighted by molar-refractivity contribution is -0.144. The fraction of sp³-hybridized carbons (Fsp3) is 0.710. The van der Waals surface area contributed by atoms with Crippen molar-refractivity contribution in [1.29, 1.82) is 0 Å². The molecular formula is C31H51NO2+. The Labute approximate surface area is 211 Å². The molecule has 0 aromatic rings. The van der Waals surface area contributed by atoms with Gasteiger partial charge in [0.2, 0.25) is 0 Å². The summed E-state index contributed by atoms with van der Waals surface area (Å²) in [6.45, 7) is 4.88. The van der Waals surface area contributed by atoms with Crippen molar-refractivity contribution in [3.8, 4) is 23.7 Å². The number of carbonyl (C=O) groups excluding carboxylic acids is 1. The molecule has 0 aliphatic carbocycles. The van der Waals surface area contributed by atoms with Crippen molar-refractivity contribution in [3.05, 3.63) is 24.3 Å². The number of allylic oxidation sites excluding steroid dienone is 3. The van der Waals surface area contributed by atoms with Gasteiger partial charge in [-0.25, -0.2) is 0 Å². The SMILES string of the molecule is C/C=C/C=C/C(=[O+])ONCCCCCCCCCC#CC#CCCCCCCCCCCCC. The Kier molecular flexibility index (Phi) is 27.4. The average molecular weight is 470 g/mol. The van der Waals surface area contributed by atoms with E-state index in [0.717, 1.165) is 25.7 Å². The lowest BCUT2D eigenvalue weighted by Gasteiger charge is -2.00. The van der Waals surface area contributed by atoms with E-state index in [0.29, 0.717) is 6.54 Å². The lowest BCUT2D eigenvalue weighted by atomic mass is 10.1. The first-order chi connectivity index (χ1) is 16.8. The van der Waals surface area contributed by atoms with Gasteiger partial charge in [0.25, 0.3) is 0 Å². The van der Waals surface area contributed by atoms with Crippen LogP contribution in [0.5, 0.6) is 0 Å². The number of unbranched alkanes of at least 4 members (excludes halogenated alkanes) is 17. The lowest BCUT2D eigenvalue weighted by Crippen LogP contribution is -2.19. The Morgan fingerprint density at radius 3 is 1.65 bits per heavy atom. The van der Waals surface area contributed by atoms with Crippen LogP contribution in [0.3, 0.4) is 0 Å². The first-order valence-corrected chi connectivity index (χ1v) is 14.0. The molecule has 0 rings (SSSR count). The van der Waals surface area contributed by atoms with E-state index in [1.54, 1.807) is 12.2 Å². The molecule has 0 fully saturated rings. The number of carbonyl (C=O) groups is 1. The Morgan fingerprint density at radius 1 is 0.676 bits per heavy atom. The topological polar surface area (TPSA) is 41.2 Å². The zero-order valence-electron chi connectivity index (χ0n) is 22.3. The maximum atomic E-state index is 11.3. The minimum atomic E-state index is -0.360. The van der Waals surface area contributed by atoms with E-state index in [9.17, 15) is 4.79 Å². The van der Waals surface area contributed by atoms with Crippen LogP contribution < -0.4 is 5.48 Å². The normalized spacial score (nSPS) is 10.8. The summed E-state index contributed by atoms with van der Waals surface area (Å²) in [6, 6.07) is 0. The summed E-state index contributed by atoms with van der Waals surface area (Å²) in [5.74, 6) is 12.1. The van der Waals surface area contributed by atoms with Gasteiger partial charge in [0.15, 0.2) is 0 Å². The first kappa shape index (κ1) is 32.0. The van der Waals surface area contributed by atoms with E-state index in [1.165, 1.54) is 102 Å². The van der Waals surface area contributed by atoms with Gasteiger partial charge in [0, 0.05) is 12.8 Å². The van der Waals surface area contributed by atoms with Crippen molar-refractivity contribution in [2.75, 3.05) is 6.54 Å². The summed E-state index contributed by atoms with van der Waals surface area (Å²) < 4.78 is 0. The fourth-order valence-electron chi connectivity index (χ4n) is 3.61. The zero-order chi connectivity index (χ0) is 24.8. The maximum Gasteiger partial charge on any atom is 0.623 e. The quantitative estimate of drug-likeness (QED) is 0.0431. The van der Waals surface area contributed by atoms with Crippen LogP contribution in [0, 0.1) is 23.7 Å². The van der Waals surface area contributed by atoms with Crippen LogP contribution in [0.1, 0.15) is 136 Å². The molecule has 1 radical (unpaired) electrons. The van der Waals surface area contributed by atoms with Crippen molar-refractivity contribution in [3.63, 3.8) is 0 Å². The monoisotopic (exact) mass is 469 g/mol. The largest absolute Gasteiger partial charge is 0.623 e. The summed E-state index contributed by atoms with van der Waals surface area (Å²) in [4.78, 5) is 16.2. The van der Waals surface area contributed by atoms with Gasteiger partial charge >= 0.3 is 5.97 Å². The zero-order valence-corrected chi connectivity index (χ0v) is 22.3. The molecule has 191 valence electrons. The van der Waals surface area contributed by atoms with Crippen LogP contribution in [0.25, 0.3) is 0 Å². The Balaban J connectivity index is 3.30. The van der Waals surface area contributed by atoms with Crippen molar-refractivity contribution < 1.29 is 9.63 Å². The number of hydrogen-bond acceptors (Lipinski definition) is 3. The third-order valence-corrected chi connectivity index (χ3v) is 5.68. The predicted molar refractivity (Wildman–Crippen MR) is 147 cm³/mol. The molecule has 0 aliphatic heterocycles. The van der Waals surface area contributed by atoms with E-state index in [1.807, 2.05) is 13.0 Å². The van der Waals surface area contributed by atoms with Gasteiger partial charge in [-0.2, -0.15) is 4.84 Å². The summed E-state index contributed by atoms with van der Waals surface area (Å²) in [7, 11) is 0. The second kappa shape index (κ2) is 29.1. The molecule has 0 aliphatic rings. The average Bonchev–Trinajstić information content (AvgIpc) is 2.84. The molecule has 0 spiro atoms. The van der Waals surface area contributed by atoms with Crippen LogP contribution in [0.2, 0.25) is 0 Å². The van der Waals surface area contributed by atoms with E-state index >= 15 is 0 Å². The molecule has 0 aromatic heterocycles. The highest BCUT2D eigenvalue weighted by Gasteiger charge is 2.10. The van der Waals surface area contributed by atoms with E-state index in [2.05, 4.69) is 36.1 Å². The van der Waals surface area contributed by atoms with Crippen molar-refractivity contribution in [2.45, 2.75) is 136 Å². The molecule has 34 heavy (non-hydrogen) atoms. The standard InChI is InChI=1S/C31H51NO2/c1-3-5-7-8-9-10-11-12-13-14-15-16-17-18-19-20-21-22-23-24-25-26-28-30-32-34-31(33)29-27-6-4-2/h4,6,27,29,32H,3,5,7-15,20-26,28,30H2,1-2H3/q+1/b6-4+,29-27+. The molecule has 0 atom stereocenters. The smallest absolute Gasteiger partial charge is 0.195 e. The van der Waals surface area contributed by atoms with Gasteiger partial charge < -0.3 is 0 Å². The van der Waals surface area contributed by atoms with Gasteiger partial charge in [0.05, 0.1) is 17.4 Å². The molecule has 1 N–H and O–H groups in total. The highest BCUT2D eigenvalue weighted by molar-refractivity contribution is 5.81. The van der Waals surface area contributed by atoms with E-state index in [-0.39, 0.29) is 5.97 Å². The second-order valence-electron chi connectivity index (χ2n) is 8.96. The number of rotatable bonds is 22. The number of hydrogen-bond donors (Lipinski definition) is 1. The molecule has 0 aromatic carbocycles. The highest BCUT2D eigenvalue weighted by atomic mass is 16.7. The van der Waals surface area contributed by atoms with Crippen LogP contribution in [-0.4, -0.2) is 12.5 Å². The predicted octanol–water partition coefficient (Wildman–Crippen LogP) is 8.61. The molecule has 0 saturated heterocycles. The molecule has 0 unspecified atom stereocenters. The molecule has 0 amide bonds. The van der Waals surface area contributed by atoms with E-state index in [4.69, 9.17) is 4.84 Å². The van der Waals surface area contributed by atoms with Gasteiger partial charge in [-0.05, 0) is 44.1 Å². The summed E-state index contributed by atoms with van der Waals surface area (Å²) >= 11 is 0. The summed E-state index contributed by atoms with van der Waals surface area (Å²) in [6.07, 6.45) is 30.8. The Bertz CT molecular complexity index is 627. The maximum absolute atomic E-state index is 11.3. The molecule has 0 bridgehead atoms. The molecular weight excluding hydrogens is 418 g/mol. The molecule has 3 nitrogen and oxygen atoms in total. The van der Waals surface area contributed by atoms with Gasteiger partial charge in [0.1, 0.15) is 0 Å². The van der Waals surface area contributed by atoms with Crippen LogP contribution >= 0.6 is 0 Å². The van der Waals surface area contributed by atoms with Gasteiger partial charge in [-0.1, -0.05) is 126 Å². The third kappa shape index (κ3) is 28.1. The van der Waals surface area contributed by atoms with Crippen molar-refractivity contribution in [2.24, 2.45) is 0 Å². The first-order valence-electron chi connectivity index (χ1n) is 14.0. The van der Waals surface area contributed by atoms with Gasteiger partial charge in [-0.3, -0.25) is 0 Å². The van der Waals surface area contributed by atoms with E-state index < -0.39 is 0 Å². The third-order valence-electron chi connectivity index (χ3n) is 5.68. The second-order valence-corrected chi connectivity index (χ2v) is 8.96. The summed E-state index contributed by atoms with van der Waals surface area (Å²) in [5.41, 5.74) is 2.72. The number of hydroxylamine groups is 1. The molecule has 3 heteroatoms. The van der Waals surface area contributed by atoms with Crippen molar-refractivity contribution in [1.82, 2.24) is 5.48 Å². The molecule has 0 heterocycles. The fourth-order valence-corrected chi connectivity index (χ4v) is 3.61. The van der Waals surface area contributed by atoms with Crippen LogP contribution in [-0.2, 0) is 9.63 Å². The summed E-state index contributed by atoms with van der Waals surface area (Å²) in [5, 5.41) is 0. The number of nitrogens with one attached hydrogen (secondary N) is 1. The highest BCUT2D eigenvalue weighted by Crippen LogP contribution is 2.11. The van der Waals surface area contributed by atoms with Crippen LogP contribution in [0.4, 0.5) is 0 Å². The molecule has 0 saturated carbocycles. The Morgan fingerprint density at radius 2 is 1.15 bits per heavy atom. The van der Waals surface area contributed by atoms with Crippen LogP contribution in [0.15, 0.2) is 24.3 Å². The van der Waals surface area contributed by atoms with Crippen molar-refractivity contribution >= 4 is 5.97 Å². The minimum absolute atomic E-state index is 0.360. The Hall–Kier alpha value is -1.97. The minimum Gasteiger partial charge on any atom is -0.195 e.